The predicted molar refractivity (Wildman–Crippen MR) is 55.5 cm³/mol. The van der Waals surface area contributed by atoms with E-state index in [1.54, 1.807) is 17.1 Å². The van der Waals surface area contributed by atoms with Crippen molar-refractivity contribution in [3.05, 3.63) is 25.3 Å². The zero-order valence-electron chi connectivity index (χ0n) is 8.25. The minimum absolute atomic E-state index is 0.0849. The second-order valence-corrected chi connectivity index (χ2v) is 2.66. The Hall–Kier alpha value is -1.09. The maximum absolute atomic E-state index is 11.4. The molecule has 1 N–H and O–H groups in total. The third-order valence-corrected chi connectivity index (χ3v) is 1.58. The Morgan fingerprint density at radius 3 is 2.31 bits per heavy atom. The molecule has 0 saturated carbocycles. The van der Waals surface area contributed by atoms with Crippen LogP contribution in [-0.2, 0) is 4.79 Å². The van der Waals surface area contributed by atoms with Crippen molar-refractivity contribution >= 4 is 5.91 Å². The van der Waals surface area contributed by atoms with Gasteiger partial charge in [-0.15, -0.1) is 13.2 Å². The number of likely N-dealkylation sites (N-methyl/N-ethyl adjacent to an activating group) is 1. The molecule has 1 amide bonds. The Morgan fingerprint density at radius 1 is 1.38 bits per heavy atom. The Kier molecular flexibility index (Phi) is 6.92. The molecule has 0 heterocycles. The van der Waals surface area contributed by atoms with Gasteiger partial charge in [0.15, 0.2) is 0 Å². The van der Waals surface area contributed by atoms with Gasteiger partial charge < -0.3 is 10.2 Å². The summed E-state index contributed by atoms with van der Waals surface area (Å²) in [6, 6.07) is 0. The van der Waals surface area contributed by atoms with E-state index in [2.05, 4.69) is 18.5 Å². The average Bonchev–Trinajstić information content (AvgIpc) is 2.14. The van der Waals surface area contributed by atoms with Crippen molar-refractivity contribution in [3.63, 3.8) is 0 Å². The van der Waals surface area contributed by atoms with Crippen molar-refractivity contribution in [2.75, 3.05) is 26.2 Å². The minimum Gasteiger partial charge on any atom is -0.334 e. The van der Waals surface area contributed by atoms with E-state index in [-0.39, 0.29) is 5.91 Å². The van der Waals surface area contributed by atoms with Crippen molar-refractivity contribution < 1.29 is 4.79 Å². The molecule has 0 radical (unpaired) electrons. The largest absolute Gasteiger partial charge is 0.334 e. The molecular weight excluding hydrogens is 164 g/mol. The number of nitrogens with zero attached hydrogens (tertiary/aromatic N) is 1. The van der Waals surface area contributed by atoms with Gasteiger partial charge in [0, 0.05) is 13.1 Å². The molecule has 0 fully saturated rings. The molecule has 0 bridgehead atoms. The number of carbonyl (C=O) groups is 1. The van der Waals surface area contributed by atoms with Crippen LogP contribution >= 0.6 is 0 Å². The Bertz CT molecular complexity index is 168. The van der Waals surface area contributed by atoms with Crippen LogP contribution in [0.2, 0.25) is 0 Å². The molecule has 0 aliphatic heterocycles. The second kappa shape index (κ2) is 7.55. The molecule has 0 atom stereocenters. The van der Waals surface area contributed by atoms with Crippen molar-refractivity contribution in [2.24, 2.45) is 0 Å². The van der Waals surface area contributed by atoms with Gasteiger partial charge in [-0.05, 0) is 6.54 Å². The predicted octanol–water partition coefficient (Wildman–Crippen LogP) is 0.796. The number of amides is 1. The number of nitrogens with one attached hydrogen (secondary N) is 1. The first kappa shape index (κ1) is 11.9. The molecule has 0 aromatic carbocycles. The van der Waals surface area contributed by atoms with E-state index in [0.29, 0.717) is 19.6 Å². The van der Waals surface area contributed by atoms with E-state index in [4.69, 9.17) is 0 Å². The molecule has 74 valence electrons. The van der Waals surface area contributed by atoms with Gasteiger partial charge in [0.2, 0.25) is 5.91 Å². The van der Waals surface area contributed by atoms with Crippen LogP contribution in [0, 0.1) is 0 Å². The molecular formula is C10H18N2O. The normalized spacial score (nSPS) is 9.31. The molecule has 3 heteroatoms. The van der Waals surface area contributed by atoms with Crippen molar-refractivity contribution in [3.8, 4) is 0 Å². The van der Waals surface area contributed by atoms with Gasteiger partial charge >= 0.3 is 0 Å². The highest BCUT2D eigenvalue weighted by molar-refractivity contribution is 5.78. The summed E-state index contributed by atoms with van der Waals surface area (Å²) in [5.41, 5.74) is 0. The summed E-state index contributed by atoms with van der Waals surface area (Å²) < 4.78 is 0. The maximum atomic E-state index is 11.4. The molecule has 0 spiro atoms. The van der Waals surface area contributed by atoms with Crippen molar-refractivity contribution in [2.45, 2.75) is 6.92 Å². The van der Waals surface area contributed by atoms with Crippen LogP contribution in [0.5, 0.6) is 0 Å². The Balaban J connectivity index is 3.93. The highest BCUT2D eigenvalue weighted by Crippen LogP contribution is 1.89. The van der Waals surface area contributed by atoms with Crippen LogP contribution in [0.3, 0.4) is 0 Å². The van der Waals surface area contributed by atoms with Crippen molar-refractivity contribution in [1.29, 1.82) is 0 Å². The lowest BCUT2D eigenvalue weighted by atomic mass is 10.4. The van der Waals surface area contributed by atoms with E-state index >= 15 is 0 Å². The van der Waals surface area contributed by atoms with E-state index in [1.807, 2.05) is 6.92 Å². The van der Waals surface area contributed by atoms with Crippen molar-refractivity contribution in [1.82, 2.24) is 10.2 Å². The fraction of sp³-hybridized carbons (Fsp3) is 0.500. The first-order valence-corrected chi connectivity index (χ1v) is 4.46. The molecule has 0 aliphatic rings. The van der Waals surface area contributed by atoms with E-state index in [9.17, 15) is 4.79 Å². The highest BCUT2D eigenvalue weighted by Gasteiger charge is 2.08. The fourth-order valence-corrected chi connectivity index (χ4v) is 0.934. The lowest BCUT2D eigenvalue weighted by molar-refractivity contribution is -0.129. The van der Waals surface area contributed by atoms with Crippen LogP contribution in [0.25, 0.3) is 0 Å². The number of hydrogen-bond acceptors (Lipinski definition) is 2. The molecule has 0 aliphatic carbocycles. The van der Waals surface area contributed by atoms with Gasteiger partial charge in [0.1, 0.15) is 0 Å². The summed E-state index contributed by atoms with van der Waals surface area (Å²) in [6.45, 7) is 11.5. The van der Waals surface area contributed by atoms with Gasteiger partial charge in [-0.3, -0.25) is 4.79 Å². The topological polar surface area (TPSA) is 32.3 Å². The second-order valence-electron chi connectivity index (χ2n) is 2.66. The van der Waals surface area contributed by atoms with Crippen LogP contribution in [0.4, 0.5) is 0 Å². The van der Waals surface area contributed by atoms with Gasteiger partial charge in [0.05, 0.1) is 6.54 Å². The van der Waals surface area contributed by atoms with Crippen LogP contribution in [0.1, 0.15) is 6.92 Å². The van der Waals surface area contributed by atoms with Crippen LogP contribution in [-0.4, -0.2) is 37.0 Å². The lowest BCUT2D eigenvalue weighted by Crippen LogP contribution is -2.38. The van der Waals surface area contributed by atoms with E-state index < -0.39 is 0 Å². The zero-order chi connectivity index (χ0) is 10.1. The van der Waals surface area contributed by atoms with Gasteiger partial charge in [-0.2, -0.15) is 0 Å². The van der Waals surface area contributed by atoms with E-state index in [1.165, 1.54) is 0 Å². The van der Waals surface area contributed by atoms with Crippen LogP contribution in [0.15, 0.2) is 25.3 Å². The minimum atomic E-state index is 0.0849. The molecule has 13 heavy (non-hydrogen) atoms. The highest BCUT2D eigenvalue weighted by atomic mass is 16.2. The molecule has 3 nitrogen and oxygen atoms in total. The molecule has 0 aromatic rings. The fourth-order valence-electron chi connectivity index (χ4n) is 0.934. The smallest absolute Gasteiger partial charge is 0.237 e. The average molecular weight is 182 g/mol. The first-order chi connectivity index (χ1) is 6.26. The summed E-state index contributed by atoms with van der Waals surface area (Å²) in [5.74, 6) is 0.0849. The number of hydrogen-bond donors (Lipinski definition) is 1. The zero-order valence-corrected chi connectivity index (χ0v) is 8.25. The summed E-state index contributed by atoms with van der Waals surface area (Å²) >= 11 is 0. The molecule has 0 aromatic heterocycles. The van der Waals surface area contributed by atoms with Gasteiger partial charge in [-0.25, -0.2) is 0 Å². The Labute approximate surface area is 80.1 Å². The summed E-state index contributed by atoms with van der Waals surface area (Å²) in [4.78, 5) is 13.1. The maximum Gasteiger partial charge on any atom is 0.237 e. The van der Waals surface area contributed by atoms with Gasteiger partial charge in [-0.1, -0.05) is 19.1 Å². The summed E-state index contributed by atoms with van der Waals surface area (Å²) in [6.07, 6.45) is 3.43. The standard InChI is InChI=1S/C10H18N2O/c1-4-7-12(8-5-2)10(13)9-11-6-3/h4-5,11H,1-2,6-9H2,3H3. The molecule has 0 saturated heterocycles. The molecule has 0 unspecified atom stereocenters. The first-order valence-electron chi connectivity index (χ1n) is 4.46. The lowest BCUT2D eigenvalue weighted by Gasteiger charge is -2.19. The Morgan fingerprint density at radius 2 is 1.92 bits per heavy atom. The third kappa shape index (κ3) is 5.20. The monoisotopic (exact) mass is 182 g/mol. The third-order valence-electron chi connectivity index (χ3n) is 1.58. The quantitative estimate of drug-likeness (QED) is 0.591. The SMILES string of the molecule is C=CCN(CC=C)C(=O)CNCC. The summed E-state index contributed by atoms with van der Waals surface area (Å²) in [7, 11) is 0. The van der Waals surface area contributed by atoms with E-state index in [0.717, 1.165) is 6.54 Å². The van der Waals surface area contributed by atoms with Crippen LogP contribution < -0.4 is 5.32 Å². The summed E-state index contributed by atoms with van der Waals surface area (Å²) in [5, 5.41) is 2.99. The number of carbonyl (C=O) groups excluding carboxylic acids is 1. The molecule has 0 rings (SSSR count). The van der Waals surface area contributed by atoms with Gasteiger partial charge in [0.25, 0.3) is 0 Å². The number of rotatable bonds is 7.